The molecule has 0 spiro atoms. The standard InChI is InChI=1S/C20H35FN2OSi/c1-20(2,3)25(4,5)24-15-14-23-12-10-19(11-13-23)22-16-17-6-8-18(21)9-7-17/h6-9,19,22H,10-16H2,1-5H3. The molecule has 25 heavy (non-hydrogen) atoms. The number of likely N-dealkylation sites (tertiary alicyclic amines) is 1. The zero-order valence-electron chi connectivity index (χ0n) is 16.6. The normalized spacial score (nSPS) is 17.8. The van der Waals surface area contributed by atoms with Crippen LogP contribution in [-0.4, -0.2) is 45.5 Å². The van der Waals surface area contributed by atoms with E-state index in [9.17, 15) is 4.39 Å². The molecule has 1 fully saturated rings. The van der Waals surface area contributed by atoms with Gasteiger partial charge in [0.15, 0.2) is 8.32 Å². The van der Waals surface area contributed by atoms with Crippen molar-refractivity contribution >= 4 is 8.32 Å². The Morgan fingerprint density at radius 2 is 1.76 bits per heavy atom. The lowest BCUT2D eigenvalue weighted by molar-refractivity contribution is 0.158. The first-order valence-corrected chi connectivity index (χ1v) is 12.4. The predicted molar refractivity (Wildman–Crippen MR) is 106 cm³/mol. The molecule has 1 aromatic carbocycles. The van der Waals surface area contributed by atoms with Gasteiger partial charge in [-0.2, -0.15) is 0 Å². The van der Waals surface area contributed by atoms with Gasteiger partial charge in [0.25, 0.3) is 0 Å². The Labute approximate surface area is 154 Å². The molecule has 1 aromatic rings. The first-order chi connectivity index (χ1) is 11.7. The maximum Gasteiger partial charge on any atom is 0.192 e. The van der Waals surface area contributed by atoms with Crippen molar-refractivity contribution in [2.45, 2.75) is 64.3 Å². The zero-order chi connectivity index (χ0) is 18.5. The van der Waals surface area contributed by atoms with Gasteiger partial charge in [-0.25, -0.2) is 4.39 Å². The summed E-state index contributed by atoms with van der Waals surface area (Å²) in [6.07, 6.45) is 2.34. The lowest BCUT2D eigenvalue weighted by Gasteiger charge is -2.38. The Morgan fingerprint density at radius 1 is 1.16 bits per heavy atom. The van der Waals surface area contributed by atoms with E-state index in [1.54, 1.807) is 0 Å². The highest BCUT2D eigenvalue weighted by Crippen LogP contribution is 2.36. The Hall–Kier alpha value is -0.753. The average molecular weight is 367 g/mol. The number of halogens is 1. The highest BCUT2D eigenvalue weighted by atomic mass is 28.4. The van der Waals surface area contributed by atoms with Crippen molar-refractivity contribution in [3.05, 3.63) is 35.6 Å². The van der Waals surface area contributed by atoms with E-state index < -0.39 is 8.32 Å². The van der Waals surface area contributed by atoms with Gasteiger partial charge in [0.1, 0.15) is 5.82 Å². The quantitative estimate of drug-likeness (QED) is 0.724. The van der Waals surface area contributed by atoms with E-state index >= 15 is 0 Å². The maximum absolute atomic E-state index is 12.9. The number of piperidine rings is 1. The third kappa shape index (κ3) is 6.48. The number of nitrogens with one attached hydrogen (secondary N) is 1. The van der Waals surface area contributed by atoms with Crippen molar-refractivity contribution in [3.63, 3.8) is 0 Å². The van der Waals surface area contributed by atoms with E-state index in [0.717, 1.165) is 38.3 Å². The van der Waals surface area contributed by atoms with Crippen molar-refractivity contribution in [2.24, 2.45) is 0 Å². The largest absolute Gasteiger partial charge is 0.416 e. The molecular weight excluding hydrogens is 331 g/mol. The minimum atomic E-state index is -1.62. The molecule has 0 atom stereocenters. The Morgan fingerprint density at radius 3 is 2.32 bits per heavy atom. The molecular formula is C20H35FN2OSi. The molecule has 2 rings (SSSR count). The van der Waals surface area contributed by atoms with Gasteiger partial charge in [-0.15, -0.1) is 0 Å². The van der Waals surface area contributed by atoms with Crippen molar-refractivity contribution in [1.82, 2.24) is 10.2 Å². The van der Waals surface area contributed by atoms with Crippen LogP contribution in [0, 0.1) is 5.82 Å². The van der Waals surface area contributed by atoms with Crippen LogP contribution in [0.2, 0.25) is 18.1 Å². The molecule has 1 aliphatic heterocycles. The average Bonchev–Trinajstić information content (AvgIpc) is 2.54. The van der Waals surface area contributed by atoms with Crippen LogP contribution in [-0.2, 0) is 11.0 Å². The molecule has 1 heterocycles. The van der Waals surface area contributed by atoms with Gasteiger partial charge in [-0.05, 0) is 61.8 Å². The van der Waals surface area contributed by atoms with Crippen LogP contribution < -0.4 is 5.32 Å². The van der Waals surface area contributed by atoms with E-state index in [0.29, 0.717) is 6.04 Å². The minimum absolute atomic E-state index is 0.169. The van der Waals surface area contributed by atoms with Gasteiger partial charge >= 0.3 is 0 Å². The van der Waals surface area contributed by atoms with E-state index in [4.69, 9.17) is 4.43 Å². The topological polar surface area (TPSA) is 24.5 Å². The SMILES string of the molecule is CC(C)(C)[Si](C)(C)OCCN1CCC(NCc2ccc(F)cc2)CC1. The molecule has 142 valence electrons. The highest BCUT2D eigenvalue weighted by Gasteiger charge is 2.37. The molecule has 0 saturated carbocycles. The summed E-state index contributed by atoms with van der Waals surface area (Å²) in [5.41, 5.74) is 1.14. The summed E-state index contributed by atoms with van der Waals surface area (Å²) in [6, 6.07) is 7.33. The monoisotopic (exact) mass is 366 g/mol. The van der Waals surface area contributed by atoms with Crippen LogP contribution in [0.3, 0.4) is 0 Å². The number of hydrogen-bond acceptors (Lipinski definition) is 3. The molecule has 3 nitrogen and oxygen atoms in total. The summed E-state index contributed by atoms with van der Waals surface area (Å²) in [5.74, 6) is -0.169. The third-order valence-corrected chi connectivity index (χ3v) is 10.3. The Bertz CT molecular complexity index is 519. The van der Waals surface area contributed by atoms with Gasteiger partial charge in [0, 0.05) is 25.7 Å². The first kappa shape index (κ1) is 20.6. The van der Waals surface area contributed by atoms with E-state index in [-0.39, 0.29) is 10.9 Å². The molecule has 0 radical (unpaired) electrons. The van der Waals surface area contributed by atoms with Crippen molar-refractivity contribution < 1.29 is 8.82 Å². The van der Waals surface area contributed by atoms with Crippen LogP contribution in [0.1, 0.15) is 39.2 Å². The second-order valence-electron chi connectivity index (χ2n) is 8.73. The maximum atomic E-state index is 12.9. The van der Waals surface area contributed by atoms with Crippen molar-refractivity contribution in [2.75, 3.05) is 26.2 Å². The van der Waals surface area contributed by atoms with E-state index in [1.807, 2.05) is 12.1 Å². The summed E-state index contributed by atoms with van der Waals surface area (Å²) >= 11 is 0. The highest BCUT2D eigenvalue weighted by molar-refractivity contribution is 6.74. The molecule has 0 aromatic heterocycles. The van der Waals surface area contributed by atoms with Gasteiger partial charge in [0.05, 0.1) is 0 Å². The van der Waals surface area contributed by atoms with Gasteiger partial charge < -0.3 is 14.6 Å². The second-order valence-corrected chi connectivity index (χ2v) is 13.5. The summed E-state index contributed by atoms with van der Waals surface area (Å²) in [7, 11) is -1.62. The number of hydrogen-bond donors (Lipinski definition) is 1. The molecule has 1 saturated heterocycles. The zero-order valence-corrected chi connectivity index (χ0v) is 17.6. The van der Waals surface area contributed by atoms with Crippen LogP contribution in [0.15, 0.2) is 24.3 Å². The molecule has 5 heteroatoms. The predicted octanol–water partition coefficient (Wildman–Crippen LogP) is 4.40. The smallest absolute Gasteiger partial charge is 0.192 e. The Balaban J connectivity index is 1.64. The van der Waals surface area contributed by atoms with Gasteiger partial charge in [0.2, 0.25) is 0 Å². The van der Waals surface area contributed by atoms with Gasteiger partial charge in [-0.3, -0.25) is 0 Å². The van der Waals surface area contributed by atoms with Crippen LogP contribution in [0.5, 0.6) is 0 Å². The molecule has 1 N–H and O–H groups in total. The summed E-state index contributed by atoms with van der Waals surface area (Å²) < 4.78 is 19.2. The lowest BCUT2D eigenvalue weighted by atomic mass is 10.0. The van der Waals surface area contributed by atoms with Crippen LogP contribution >= 0.6 is 0 Å². The Kier molecular flexibility index (Phi) is 7.20. The van der Waals surface area contributed by atoms with Crippen molar-refractivity contribution in [1.29, 1.82) is 0 Å². The second kappa shape index (κ2) is 8.76. The number of benzene rings is 1. The molecule has 1 aliphatic rings. The molecule has 0 aliphatic carbocycles. The fourth-order valence-corrected chi connectivity index (χ4v) is 3.91. The lowest BCUT2D eigenvalue weighted by Crippen LogP contribution is -2.45. The molecule has 0 amide bonds. The van der Waals surface area contributed by atoms with E-state index in [2.05, 4.69) is 44.1 Å². The van der Waals surface area contributed by atoms with Crippen molar-refractivity contribution in [3.8, 4) is 0 Å². The van der Waals surface area contributed by atoms with Crippen LogP contribution in [0.4, 0.5) is 4.39 Å². The fraction of sp³-hybridized carbons (Fsp3) is 0.700. The summed E-state index contributed by atoms with van der Waals surface area (Å²) in [5, 5.41) is 3.89. The van der Waals surface area contributed by atoms with Gasteiger partial charge in [-0.1, -0.05) is 32.9 Å². The minimum Gasteiger partial charge on any atom is -0.416 e. The fourth-order valence-electron chi connectivity index (χ4n) is 2.87. The summed E-state index contributed by atoms with van der Waals surface area (Å²) in [4.78, 5) is 2.52. The molecule has 0 unspecified atom stereocenters. The van der Waals surface area contributed by atoms with E-state index in [1.165, 1.54) is 25.0 Å². The number of nitrogens with zero attached hydrogens (tertiary/aromatic N) is 1. The summed E-state index contributed by atoms with van der Waals surface area (Å²) in [6.45, 7) is 16.5. The van der Waals surface area contributed by atoms with Crippen LogP contribution in [0.25, 0.3) is 0 Å². The third-order valence-electron chi connectivity index (χ3n) is 5.77. The molecule has 0 bridgehead atoms. The number of rotatable bonds is 7. The first-order valence-electron chi connectivity index (χ1n) is 9.51.